The maximum absolute atomic E-state index is 14.7. The van der Waals surface area contributed by atoms with E-state index in [9.17, 15) is 12.8 Å². The second-order valence-corrected chi connectivity index (χ2v) is 12.0. The van der Waals surface area contributed by atoms with Gasteiger partial charge in [0.1, 0.15) is 11.3 Å². The van der Waals surface area contributed by atoms with Crippen LogP contribution in [0.3, 0.4) is 0 Å². The summed E-state index contributed by atoms with van der Waals surface area (Å²) in [6, 6.07) is 4.97. The molecule has 2 atom stereocenters. The Morgan fingerprint density at radius 3 is 2.71 bits per heavy atom. The van der Waals surface area contributed by atoms with Gasteiger partial charge in [0.15, 0.2) is 0 Å². The van der Waals surface area contributed by atoms with Crippen LogP contribution >= 0.6 is 0 Å². The summed E-state index contributed by atoms with van der Waals surface area (Å²) in [5, 5.41) is 9.45. The second kappa shape index (κ2) is 9.01. The minimum Gasteiger partial charge on any atom is -0.337 e. The third kappa shape index (κ3) is 4.60. The summed E-state index contributed by atoms with van der Waals surface area (Å²) in [5.41, 5.74) is 1.17. The van der Waals surface area contributed by atoms with Crippen LogP contribution in [0.1, 0.15) is 44.2 Å². The van der Waals surface area contributed by atoms with Gasteiger partial charge in [-0.25, -0.2) is 17.1 Å². The van der Waals surface area contributed by atoms with Crippen LogP contribution in [0.4, 0.5) is 4.39 Å². The molecule has 184 valence electrons. The highest BCUT2D eigenvalue weighted by Crippen LogP contribution is 2.29. The predicted octanol–water partition coefficient (Wildman–Crippen LogP) is 2.82. The van der Waals surface area contributed by atoms with Crippen LogP contribution in [-0.2, 0) is 16.4 Å². The maximum Gasteiger partial charge on any atom is 0.291 e. The Labute approximate surface area is 199 Å². The van der Waals surface area contributed by atoms with Gasteiger partial charge in [-0.05, 0) is 48.4 Å². The molecule has 2 fully saturated rings. The molecule has 0 amide bonds. The van der Waals surface area contributed by atoms with Crippen LogP contribution in [-0.4, -0.2) is 76.5 Å². The molecule has 0 aliphatic carbocycles. The highest BCUT2D eigenvalue weighted by Gasteiger charge is 2.32. The predicted molar refractivity (Wildman–Crippen MR) is 126 cm³/mol. The Balaban J connectivity index is 1.24. The zero-order chi connectivity index (χ0) is 24.0. The molecule has 0 bridgehead atoms. The average molecular weight is 491 g/mol. The molecule has 0 radical (unpaired) electrons. The molecule has 2 aliphatic heterocycles. The lowest BCUT2D eigenvalue weighted by Gasteiger charge is -2.20. The van der Waals surface area contributed by atoms with Crippen molar-refractivity contribution in [3.63, 3.8) is 0 Å². The van der Waals surface area contributed by atoms with Crippen molar-refractivity contribution in [3.05, 3.63) is 35.6 Å². The Hall–Kier alpha value is -2.37. The Morgan fingerprint density at radius 2 is 1.97 bits per heavy atom. The van der Waals surface area contributed by atoms with Gasteiger partial charge >= 0.3 is 0 Å². The summed E-state index contributed by atoms with van der Waals surface area (Å²) >= 11 is 0. The second-order valence-electron chi connectivity index (χ2n) is 9.97. The maximum atomic E-state index is 14.7. The lowest BCUT2D eigenvalue weighted by Crippen LogP contribution is -2.31. The normalized spacial score (nSPS) is 22.5. The van der Waals surface area contributed by atoms with Crippen LogP contribution in [0.15, 0.2) is 22.7 Å². The summed E-state index contributed by atoms with van der Waals surface area (Å²) in [6.07, 6.45) is 3.87. The third-order valence-electron chi connectivity index (χ3n) is 6.94. The summed E-state index contributed by atoms with van der Waals surface area (Å²) in [7, 11) is -3.10. The molecule has 2 saturated heterocycles. The molecule has 3 aromatic rings. The number of halogens is 1. The van der Waals surface area contributed by atoms with E-state index in [2.05, 4.69) is 20.1 Å². The molecule has 0 unspecified atom stereocenters. The summed E-state index contributed by atoms with van der Waals surface area (Å²) < 4.78 is 46.7. The average Bonchev–Trinajstić information content (AvgIpc) is 3.54. The largest absolute Gasteiger partial charge is 0.337 e. The van der Waals surface area contributed by atoms with Crippen LogP contribution in [0, 0.1) is 17.7 Å². The van der Waals surface area contributed by atoms with Gasteiger partial charge in [-0.2, -0.15) is 14.8 Å². The van der Waals surface area contributed by atoms with Crippen molar-refractivity contribution in [2.45, 2.75) is 39.0 Å². The fourth-order valence-corrected chi connectivity index (χ4v) is 6.16. The minimum atomic E-state index is -3.10. The molecule has 11 heteroatoms. The molecule has 9 nitrogen and oxygen atoms in total. The molecule has 2 aromatic heterocycles. The zero-order valence-corrected chi connectivity index (χ0v) is 20.6. The van der Waals surface area contributed by atoms with E-state index in [-0.39, 0.29) is 17.7 Å². The number of fused-ring (bicyclic) bond motifs is 1. The first-order valence-corrected chi connectivity index (χ1v) is 13.7. The van der Waals surface area contributed by atoms with Crippen molar-refractivity contribution >= 4 is 20.9 Å². The summed E-state index contributed by atoms with van der Waals surface area (Å²) in [4.78, 5) is 6.94. The number of rotatable bonds is 7. The van der Waals surface area contributed by atoms with E-state index in [1.165, 1.54) is 17.0 Å². The van der Waals surface area contributed by atoms with Crippen molar-refractivity contribution in [2.75, 3.05) is 39.0 Å². The highest BCUT2D eigenvalue weighted by atomic mass is 32.2. The SMILES string of the molecule is CC(C)c1nn(-c2noc(C[C@H]3CCN(C[C@@H]4CCN(S(C)(=O)=O)C4)C3)n2)c2c(F)cccc12. The number of sulfonamides is 1. The first-order chi connectivity index (χ1) is 16.2. The fourth-order valence-electron chi connectivity index (χ4n) is 5.24. The monoisotopic (exact) mass is 490 g/mol. The molecular formula is C23H31FN6O3S. The fraction of sp³-hybridized carbons (Fsp3) is 0.609. The lowest BCUT2D eigenvalue weighted by molar-refractivity contribution is 0.268. The van der Waals surface area contributed by atoms with Gasteiger partial charge in [0.05, 0.1) is 11.9 Å². The van der Waals surface area contributed by atoms with E-state index in [4.69, 9.17) is 4.52 Å². The number of para-hydroxylation sites is 1. The number of benzene rings is 1. The van der Waals surface area contributed by atoms with Crippen molar-refractivity contribution in [2.24, 2.45) is 11.8 Å². The van der Waals surface area contributed by atoms with Gasteiger partial charge in [0, 0.05) is 38.0 Å². The number of aromatic nitrogens is 4. The van der Waals surface area contributed by atoms with E-state index in [0.29, 0.717) is 42.8 Å². The first-order valence-electron chi connectivity index (χ1n) is 11.9. The van der Waals surface area contributed by atoms with Crippen molar-refractivity contribution in [1.82, 2.24) is 29.1 Å². The number of nitrogens with zero attached hydrogens (tertiary/aromatic N) is 6. The van der Waals surface area contributed by atoms with Crippen LogP contribution < -0.4 is 0 Å². The molecule has 34 heavy (non-hydrogen) atoms. The Kier molecular flexibility index (Phi) is 6.19. The molecule has 5 rings (SSSR count). The van der Waals surface area contributed by atoms with Crippen LogP contribution in [0.2, 0.25) is 0 Å². The molecule has 1 aromatic carbocycles. The molecule has 0 saturated carbocycles. The molecule has 2 aliphatic rings. The minimum absolute atomic E-state index is 0.130. The molecule has 0 N–H and O–H groups in total. The summed E-state index contributed by atoms with van der Waals surface area (Å²) in [6.45, 7) is 8.09. The number of hydrogen-bond donors (Lipinski definition) is 0. The van der Waals surface area contributed by atoms with Gasteiger partial charge in [-0.1, -0.05) is 26.0 Å². The summed E-state index contributed by atoms with van der Waals surface area (Å²) in [5.74, 6) is 1.30. The van der Waals surface area contributed by atoms with Crippen molar-refractivity contribution < 1.29 is 17.3 Å². The topological polar surface area (TPSA) is 97.4 Å². The third-order valence-corrected chi connectivity index (χ3v) is 8.21. The van der Waals surface area contributed by atoms with Gasteiger partial charge < -0.3 is 9.42 Å². The van der Waals surface area contributed by atoms with Gasteiger partial charge in [-0.3, -0.25) is 0 Å². The smallest absolute Gasteiger partial charge is 0.291 e. The van der Waals surface area contributed by atoms with E-state index in [0.717, 1.165) is 43.6 Å². The van der Waals surface area contributed by atoms with Gasteiger partial charge in [0.2, 0.25) is 15.9 Å². The number of hydrogen-bond acceptors (Lipinski definition) is 7. The van der Waals surface area contributed by atoms with E-state index >= 15 is 0 Å². The van der Waals surface area contributed by atoms with Crippen LogP contribution in [0.5, 0.6) is 0 Å². The van der Waals surface area contributed by atoms with E-state index in [1.807, 2.05) is 19.9 Å². The quantitative estimate of drug-likeness (QED) is 0.502. The van der Waals surface area contributed by atoms with E-state index < -0.39 is 10.0 Å². The van der Waals surface area contributed by atoms with Crippen molar-refractivity contribution in [3.8, 4) is 5.95 Å². The van der Waals surface area contributed by atoms with Gasteiger partial charge in [-0.15, -0.1) is 0 Å². The lowest BCUT2D eigenvalue weighted by atomic mass is 10.1. The Morgan fingerprint density at radius 1 is 1.18 bits per heavy atom. The van der Waals surface area contributed by atoms with Crippen LogP contribution in [0.25, 0.3) is 16.9 Å². The Bertz CT molecular complexity index is 1290. The molecule has 0 spiro atoms. The standard InChI is InChI=1S/C23H31FN6O3S/c1-15(2)21-18-5-4-6-19(24)22(18)30(26-21)23-25-20(33-27-23)11-16-7-9-28(12-16)13-17-8-10-29(14-17)34(3,31)32/h4-6,15-17H,7-14H2,1-3H3/t16-,17+/m1/s1. The number of likely N-dealkylation sites (tertiary alicyclic amines) is 1. The first kappa shape index (κ1) is 23.4. The molecule has 4 heterocycles. The van der Waals surface area contributed by atoms with E-state index in [1.54, 1.807) is 10.4 Å². The highest BCUT2D eigenvalue weighted by molar-refractivity contribution is 7.88. The van der Waals surface area contributed by atoms with Crippen molar-refractivity contribution in [1.29, 1.82) is 0 Å². The molecular weight excluding hydrogens is 459 g/mol. The van der Waals surface area contributed by atoms with Gasteiger partial charge in [0.25, 0.3) is 5.95 Å². The zero-order valence-electron chi connectivity index (χ0n) is 19.8.